The maximum Gasteiger partial charge on any atom is 0.191 e. The van der Waals surface area contributed by atoms with Gasteiger partial charge in [-0.3, -0.25) is 9.89 Å². The molecule has 1 aromatic heterocycles. The fourth-order valence-electron chi connectivity index (χ4n) is 2.61. The summed E-state index contributed by atoms with van der Waals surface area (Å²) in [7, 11) is 4.00. The molecule has 1 unspecified atom stereocenters. The van der Waals surface area contributed by atoms with Crippen molar-refractivity contribution < 1.29 is 0 Å². The van der Waals surface area contributed by atoms with Crippen molar-refractivity contribution >= 4 is 17.3 Å². The Balaban J connectivity index is 1.72. The summed E-state index contributed by atoms with van der Waals surface area (Å²) in [5.41, 5.74) is 0. The van der Waals surface area contributed by atoms with E-state index in [1.807, 2.05) is 13.2 Å². The molecule has 1 atom stereocenters. The fraction of sp³-hybridized carbons (Fsp3) is 0.750. The van der Waals surface area contributed by atoms with E-state index in [0.29, 0.717) is 6.04 Å². The predicted octanol–water partition coefficient (Wildman–Crippen LogP) is 1.01. The molecule has 0 aromatic carbocycles. The highest BCUT2D eigenvalue weighted by Gasteiger charge is 2.19. The SMILES string of the molecule is CCc1cnc(CNC(=NC)NCC(C)N2CCN(C)CC2)s1. The molecule has 1 saturated heterocycles. The van der Waals surface area contributed by atoms with Gasteiger partial charge in [0.1, 0.15) is 5.01 Å². The molecule has 7 heteroatoms. The van der Waals surface area contributed by atoms with Gasteiger partial charge in [-0.25, -0.2) is 4.98 Å². The van der Waals surface area contributed by atoms with Gasteiger partial charge >= 0.3 is 0 Å². The van der Waals surface area contributed by atoms with Crippen molar-refractivity contribution in [3.63, 3.8) is 0 Å². The summed E-state index contributed by atoms with van der Waals surface area (Å²) in [4.78, 5) is 15.0. The lowest BCUT2D eigenvalue weighted by Gasteiger charge is -2.36. The maximum absolute atomic E-state index is 4.43. The Hall–Kier alpha value is -1.18. The Bertz CT molecular complexity index is 493. The normalized spacial score (nSPS) is 18.9. The molecule has 1 fully saturated rings. The van der Waals surface area contributed by atoms with Gasteiger partial charge in [0.25, 0.3) is 0 Å². The van der Waals surface area contributed by atoms with E-state index in [1.165, 1.54) is 4.88 Å². The first kappa shape index (κ1) is 18.2. The van der Waals surface area contributed by atoms with Crippen LogP contribution < -0.4 is 10.6 Å². The standard InChI is InChI=1S/C16H30N6S/c1-5-14-11-18-15(23-14)12-20-16(17-3)19-10-13(2)22-8-6-21(4)7-9-22/h11,13H,5-10,12H2,1-4H3,(H2,17,19,20). The van der Waals surface area contributed by atoms with E-state index >= 15 is 0 Å². The van der Waals surface area contributed by atoms with Gasteiger partial charge in [0.15, 0.2) is 5.96 Å². The van der Waals surface area contributed by atoms with Gasteiger partial charge in [-0.05, 0) is 20.4 Å². The lowest BCUT2D eigenvalue weighted by molar-refractivity contribution is 0.120. The van der Waals surface area contributed by atoms with Crippen LogP contribution in [0.25, 0.3) is 0 Å². The van der Waals surface area contributed by atoms with E-state index in [-0.39, 0.29) is 0 Å². The first-order valence-corrected chi connectivity index (χ1v) is 9.24. The lowest BCUT2D eigenvalue weighted by atomic mass is 10.2. The Morgan fingerprint density at radius 3 is 2.70 bits per heavy atom. The van der Waals surface area contributed by atoms with Crippen LogP contribution in [0.3, 0.4) is 0 Å². The average Bonchev–Trinajstić information content (AvgIpc) is 3.03. The molecule has 130 valence electrons. The van der Waals surface area contributed by atoms with Gasteiger partial charge in [-0.2, -0.15) is 0 Å². The summed E-state index contributed by atoms with van der Waals surface area (Å²) in [6.45, 7) is 10.7. The van der Waals surface area contributed by atoms with Crippen LogP contribution in [0.1, 0.15) is 23.7 Å². The van der Waals surface area contributed by atoms with Crippen LogP contribution in [-0.4, -0.2) is 73.6 Å². The molecule has 0 amide bonds. The number of guanidine groups is 1. The molecule has 1 aliphatic heterocycles. The second kappa shape index (κ2) is 9.20. The molecular formula is C16H30N6S. The van der Waals surface area contributed by atoms with Crippen LogP contribution in [0.4, 0.5) is 0 Å². The number of aryl methyl sites for hydroxylation is 1. The van der Waals surface area contributed by atoms with Gasteiger partial charge in [-0.15, -0.1) is 11.3 Å². The number of aromatic nitrogens is 1. The number of nitrogens with zero attached hydrogens (tertiary/aromatic N) is 4. The molecular weight excluding hydrogens is 308 g/mol. The molecule has 2 heterocycles. The molecule has 2 N–H and O–H groups in total. The van der Waals surface area contributed by atoms with Crippen LogP contribution in [0, 0.1) is 0 Å². The number of likely N-dealkylation sites (N-methyl/N-ethyl adjacent to an activating group) is 1. The van der Waals surface area contributed by atoms with Gasteiger partial charge in [0.05, 0.1) is 6.54 Å². The molecule has 0 aliphatic carbocycles. The van der Waals surface area contributed by atoms with E-state index in [0.717, 1.165) is 56.7 Å². The maximum atomic E-state index is 4.43. The number of hydrogen-bond donors (Lipinski definition) is 2. The Kier molecular flexibility index (Phi) is 7.26. The third-order valence-corrected chi connectivity index (χ3v) is 5.45. The van der Waals surface area contributed by atoms with Gasteiger partial charge in [-0.1, -0.05) is 6.92 Å². The largest absolute Gasteiger partial charge is 0.355 e. The summed E-state index contributed by atoms with van der Waals surface area (Å²) in [5, 5.41) is 7.89. The molecule has 1 aromatic rings. The molecule has 0 bridgehead atoms. The first-order chi connectivity index (χ1) is 11.1. The zero-order valence-corrected chi connectivity index (χ0v) is 15.6. The second-order valence-electron chi connectivity index (χ2n) is 6.07. The van der Waals surface area contributed by atoms with E-state index < -0.39 is 0 Å². The van der Waals surface area contributed by atoms with E-state index in [1.54, 1.807) is 11.3 Å². The quantitative estimate of drug-likeness (QED) is 0.599. The number of thiazole rings is 1. The van der Waals surface area contributed by atoms with Gasteiger partial charge in [0, 0.05) is 56.9 Å². The van der Waals surface area contributed by atoms with E-state index in [9.17, 15) is 0 Å². The van der Waals surface area contributed by atoms with Crippen LogP contribution in [0.2, 0.25) is 0 Å². The van der Waals surface area contributed by atoms with Crippen LogP contribution in [0.5, 0.6) is 0 Å². The third-order valence-electron chi connectivity index (χ3n) is 4.31. The molecule has 0 spiro atoms. The molecule has 2 rings (SSSR count). The minimum Gasteiger partial charge on any atom is -0.355 e. The van der Waals surface area contributed by atoms with E-state index in [4.69, 9.17) is 0 Å². The molecule has 0 radical (unpaired) electrons. The van der Waals surface area contributed by atoms with Crippen molar-refractivity contribution in [2.45, 2.75) is 32.9 Å². The molecule has 23 heavy (non-hydrogen) atoms. The fourth-order valence-corrected chi connectivity index (χ4v) is 3.41. The second-order valence-corrected chi connectivity index (χ2v) is 7.27. The number of rotatable bonds is 6. The zero-order chi connectivity index (χ0) is 16.7. The van der Waals surface area contributed by atoms with Crippen LogP contribution in [0.15, 0.2) is 11.2 Å². The van der Waals surface area contributed by atoms with Crippen LogP contribution in [-0.2, 0) is 13.0 Å². The summed E-state index contributed by atoms with van der Waals surface area (Å²) in [5.74, 6) is 0.847. The minimum absolute atomic E-state index is 0.508. The highest BCUT2D eigenvalue weighted by atomic mass is 32.1. The highest BCUT2D eigenvalue weighted by Crippen LogP contribution is 2.12. The third kappa shape index (κ3) is 5.75. The summed E-state index contributed by atoms with van der Waals surface area (Å²) >= 11 is 1.76. The number of aliphatic imine (C=N–C) groups is 1. The highest BCUT2D eigenvalue weighted by molar-refractivity contribution is 7.11. The topological polar surface area (TPSA) is 55.8 Å². The van der Waals surface area contributed by atoms with Crippen molar-refractivity contribution in [1.82, 2.24) is 25.4 Å². The zero-order valence-electron chi connectivity index (χ0n) is 14.8. The van der Waals surface area contributed by atoms with Crippen molar-refractivity contribution in [3.8, 4) is 0 Å². The predicted molar refractivity (Wildman–Crippen MR) is 98.2 cm³/mol. The number of nitrogens with one attached hydrogen (secondary N) is 2. The summed E-state index contributed by atoms with van der Waals surface area (Å²) < 4.78 is 0. The smallest absolute Gasteiger partial charge is 0.191 e. The monoisotopic (exact) mass is 338 g/mol. The Morgan fingerprint density at radius 1 is 1.35 bits per heavy atom. The molecule has 1 aliphatic rings. The average molecular weight is 339 g/mol. The number of hydrogen-bond acceptors (Lipinski definition) is 5. The Morgan fingerprint density at radius 2 is 2.09 bits per heavy atom. The van der Waals surface area contributed by atoms with Gasteiger partial charge in [0.2, 0.25) is 0 Å². The van der Waals surface area contributed by atoms with Gasteiger partial charge < -0.3 is 15.5 Å². The summed E-state index contributed by atoms with van der Waals surface area (Å²) in [6, 6.07) is 0.508. The van der Waals surface area contributed by atoms with Crippen molar-refractivity contribution in [1.29, 1.82) is 0 Å². The van der Waals surface area contributed by atoms with Crippen molar-refractivity contribution in [2.24, 2.45) is 4.99 Å². The number of piperazine rings is 1. The molecule has 6 nitrogen and oxygen atoms in total. The van der Waals surface area contributed by atoms with E-state index in [2.05, 4.69) is 51.3 Å². The van der Waals surface area contributed by atoms with Crippen LogP contribution >= 0.6 is 11.3 Å². The lowest BCUT2D eigenvalue weighted by Crippen LogP contribution is -2.52. The first-order valence-electron chi connectivity index (χ1n) is 8.43. The van der Waals surface area contributed by atoms with Crippen molar-refractivity contribution in [2.75, 3.05) is 46.8 Å². The minimum atomic E-state index is 0.508. The molecule has 0 saturated carbocycles. The Labute approximate surface area is 144 Å². The van der Waals surface area contributed by atoms with Crippen molar-refractivity contribution in [3.05, 3.63) is 16.1 Å². The summed E-state index contributed by atoms with van der Waals surface area (Å²) in [6.07, 6.45) is 3.01.